The van der Waals surface area contributed by atoms with Crippen LogP contribution in [0.2, 0.25) is 5.02 Å². The van der Waals surface area contributed by atoms with Crippen LogP contribution in [0.4, 0.5) is 10.5 Å². The summed E-state index contributed by atoms with van der Waals surface area (Å²) in [6.45, 7) is 3.84. The maximum absolute atomic E-state index is 11.9. The molecule has 6 nitrogen and oxygen atoms in total. The largest absolute Gasteiger partial charge is 0.480 e. The van der Waals surface area contributed by atoms with E-state index in [9.17, 15) is 9.59 Å². The molecule has 2 amide bonds. The van der Waals surface area contributed by atoms with Gasteiger partial charge in [-0.15, -0.1) is 0 Å². The molecule has 1 aliphatic heterocycles. The number of rotatable bonds is 3. The van der Waals surface area contributed by atoms with Gasteiger partial charge < -0.3 is 20.2 Å². The number of carboxylic acids is 1. The van der Waals surface area contributed by atoms with Crippen molar-refractivity contribution in [1.82, 2.24) is 10.2 Å². The van der Waals surface area contributed by atoms with Crippen LogP contribution in [0.25, 0.3) is 0 Å². The smallest absolute Gasteiger partial charge is 0.325 e. The molecule has 1 aliphatic rings. The highest BCUT2D eigenvalue weighted by molar-refractivity contribution is 6.33. The zero-order valence-corrected chi connectivity index (χ0v) is 12.5. The molecule has 7 heteroatoms. The molecule has 1 atom stereocenters. The Morgan fingerprint density at radius 1 is 1.24 bits per heavy atom. The van der Waals surface area contributed by atoms with Gasteiger partial charge >= 0.3 is 12.0 Å². The van der Waals surface area contributed by atoms with E-state index in [-0.39, 0.29) is 6.03 Å². The molecule has 0 bridgehead atoms. The number of halogens is 1. The van der Waals surface area contributed by atoms with Crippen LogP contribution in [-0.2, 0) is 4.79 Å². The third-order valence-electron chi connectivity index (χ3n) is 3.47. The number of nitrogens with zero attached hydrogens (tertiary/aromatic N) is 2. The van der Waals surface area contributed by atoms with E-state index in [2.05, 4.69) is 10.2 Å². The first-order chi connectivity index (χ1) is 9.99. The molecule has 0 spiro atoms. The summed E-state index contributed by atoms with van der Waals surface area (Å²) in [5.41, 5.74) is 0.957. The van der Waals surface area contributed by atoms with Gasteiger partial charge in [0.2, 0.25) is 0 Å². The van der Waals surface area contributed by atoms with Crippen molar-refractivity contribution in [3.63, 3.8) is 0 Å². The summed E-state index contributed by atoms with van der Waals surface area (Å²) in [5, 5.41) is 11.9. The Morgan fingerprint density at radius 2 is 1.86 bits per heavy atom. The third kappa shape index (κ3) is 3.78. The first-order valence-corrected chi connectivity index (χ1v) is 7.14. The number of anilines is 1. The van der Waals surface area contributed by atoms with Crippen LogP contribution < -0.4 is 10.2 Å². The molecule has 0 aromatic heterocycles. The number of carboxylic acid groups (broad SMARTS) is 1. The fourth-order valence-corrected chi connectivity index (χ4v) is 2.45. The van der Waals surface area contributed by atoms with Gasteiger partial charge in [0.15, 0.2) is 0 Å². The molecule has 1 aromatic rings. The minimum Gasteiger partial charge on any atom is -0.480 e. The van der Waals surface area contributed by atoms with E-state index < -0.39 is 12.0 Å². The second-order valence-electron chi connectivity index (χ2n) is 4.93. The molecule has 2 rings (SSSR count). The lowest BCUT2D eigenvalue weighted by Crippen LogP contribution is -2.54. The lowest BCUT2D eigenvalue weighted by atomic mass is 10.2. The van der Waals surface area contributed by atoms with Crippen molar-refractivity contribution in [3.05, 3.63) is 29.3 Å². The molecule has 1 unspecified atom stereocenters. The summed E-state index contributed by atoms with van der Waals surface area (Å²) in [5.74, 6) is -1.04. The Balaban J connectivity index is 1.90. The summed E-state index contributed by atoms with van der Waals surface area (Å²) >= 11 is 6.16. The number of carbonyl (C=O) groups excluding carboxylic acids is 1. The average Bonchev–Trinajstić information content (AvgIpc) is 2.47. The molecule has 21 heavy (non-hydrogen) atoms. The molecular formula is C14H18ClN3O3. The van der Waals surface area contributed by atoms with Gasteiger partial charge in [0.05, 0.1) is 10.7 Å². The van der Waals surface area contributed by atoms with Gasteiger partial charge in [0.1, 0.15) is 6.04 Å². The number of aliphatic carboxylic acids is 1. The first-order valence-electron chi connectivity index (χ1n) is 6.77. The molecular weight excluding hydrogens is 294 g/mol. The lowest BCUT2D eigenvalue weighted by Gasteiger charge is -2.36. The quantitative estimate of drug-likeness (QED) is 0.890. The normalized spacial score (nSPS) is 16.5. The van der Waals surface area contributed by atoms with Crippen LogP contribution in [0.3, 0.4) is 0 Å². The van der Waals surface area contributed by atoms with Crippen LogP contribution in [-0.4, -0.2) is 54.2 Å². The van der Waals surface area contributed by atoms with Crippen LogP contribution >= 0.6 is 11.6 Å². The van der Waals surface area contributed by atoms with Gasteiger partial charge in [0.25, 0.3) is 0 Å². The van der Waals surface area contributed by atoms with E-state index in [1.54, 1.807) is 4.90 Å². The molecule has 0 saturated carbocycles. The van der Waals surface area contributed by atoms with Crippen molar-refractivity contribution in [1.29, 1.82) is 0 Å². The Labute approximate surface area is 128 Å². The number of carbonyl (C=O) groups is 2. The number of urea groups is 1. The van der Waals surface area contributed by atoms with E-state index in [4.69, 9.17) is 16.7 Å². The highest BCUT2D eigenvalue weighted by atomic mass is 35.5. The van der Waals surface area contributed by atoms with E-state index >= 15 is 0 Å². The Bertz CT molecular complexity index is 530. The zero-order chi connectivity index (χ0) is 15.4. The standard InChI is InChI=1S/C14H18ClN3O3/c1-10(13(19)20)16-14(21)18-8-6-17(7-9-18)12-5-3-2-4-11(12)15/h2-5,10H,6-9H2,1H3,(H,16,21)(H,19,20). The number of amides is 2. The van der Waals surface area contributed by atoms with Gasteiger partial charge in [-0.2, -0.15) is 0 Å². The van der Waals surface area contributed by atoms with Gasteiger partial charge in [-0.05, 0) is 19.1 Å². The van der Waals surface area contributed by atoms with E-state index in [1.165, 1.54) is 6.92 Å². The first kappa shape index (κ1) is 15.4. The molecule has 114 valence electrons. The third-order valence-corrected chi connectivity index (χ3v) is 3.79. The predicted molar refractivity (Wildman–Crippen MR) is 80.9 cm³/mol. The molecule has 1 heterocycles. The Kier molecular flexibility index (Phi) is 4.90. The molecule has 0 radical (unpaired) electrons. The van der Waals surface area contributed by atoms with Crippen molar-refractivity contribution in [3.8, 4) is 0 Å². The van der Waals surface area contributed by atoms with Gasteiger partial charge in [-0.1, -0.05) is 23.7 Å². The number of benzene rings is 1. The minimum atomic E-state index is -1.04. The van der Waals surface area contributed by atoms with Gasteiger partial charge in [-0.25, -0.2) is 4.79 Å². The Morgan fingerprint density at radius 3 is 2.43 bits per heavy atom. The topological polar surface area (TPSA) is 72.9 Å². The van der Waals surface area contributed by atoms with E-state index in [1.807, 2.05) is 24.3 Å². The highest BCUT2D eigenvalue weighted by Crippen LogP contribution is 2.25. The van der Waals surface area contributed by atoms with Crippen LogP contribution in [0, 0.1) is 0 Å². The molecule has 1 saturated heterocycles. The zero-order valence-electron chi connectivity index (χ0n) is 11.8. The molecule has 1 aromatic carbocycles. The molecule has 0 aliphatic carbocycles. The number of hydrogen-bond donors (Lipinski definition) is 2. The number of piperazine rings is 1. The average molecular weight is 312 g/mol. The maximum Gasteiger partial charge on any atom is 0.325 e. The maximum atomic E-state index is 11.9. The number of para-hydroxylation sites is 1. The van der Waals surface area contributed by atoms with Crippen molar-refractivity contribution in [2.45, 2.75) is 13.0 Å². The Hall–Kier alpha value is -1.95. The van der Waals surface area contributed by atoms with Crippen molar-refractivity contribution >= 4 is 29.3 Å². The lowest BCUT2D eigenvalue weighted by molar-refractivity contribution is -0.138. The molecule has 1 fully saturated rings. The fourth-order valence-electron chi connectivity index (χ4n) is 2.20. The van der Waals surface area contributed by atoms with Crippen molar-refractivity contribution in [2.75, 3.05) is 31.1 Å². The second-order valence-corrected chi connectivity index (χ2v) is 5.34. The minimum absolute atomic E-state index is 0.344. The van der Waals surface area contributed by atoms with Crippen LogP contribution in [0.5, 0.6) is 0 Å². The van der Waals surface area contributed by atoms with E-state index in [0.29, 0.717) is 31.2 Å². The summed E-state index contributed by atoms with van der Waals surface area (Å²) in [6.07, 6.45) is 0. The second kappa shape index (κ2) is 6.67. The van der Waals surface area contributed by atoms with Crippen LogP contribution in [0.15, 0.2) is 24.3 Å². The van der Waals surface area contributed by atoms with Crippen LogP contribution in [0.1, 0.15) is 6.92 Å². The predicted octanol–water partition coefficient (Wildman–Crippen LogP) is 1.64. The molecule has 2 N–H and O–H groups in total. The monoisotopic (exact) mass is 311 g/mol. The summed E-state index contributed by atoms with van der Waals surface area (Å²) in [7, 11) is 0. The summed E-state index contributed by atoms with van der Waals surface area (Å²) in [6, 6.07) is 6.36. The summed E-state index contributed by atoms with van der Waals surface area (Å²) in [4.78, 5) is 26.4. The van der Waals surface area contributed by atoms with Gasteiger partial charge in [-0.3, -0.25) is 4.79 Å². The number of nitrogens with one attached hydrogen (secondary N) is 1. The number of hydrogen-bond acceptors (Lipinski definition) is 3. The van der Waals surface area contributed by atoms with Gasteiger partial charge in [0, 0.05) is 26.2 Å². The fraction of sp³-hybridized carbons (Fsp3) is 0.429. The van der Waals surface area contributed by atoms with Crippen molar-refractivity contribution < 1.29 is 14.7 Å². The van der Waals surface area contributed by atoms with Crippen molar-refractivity contribution in [2.24, 2.45) is 0 Å². The highest BCUT2D eigenvalue weighted by Gasteiger charge is 2.24. The summed E-state index contributed by atoms with van der Waals surface area (Å²) < 4.78 is 0. The SMILES string of the molecule is CC(NC(=O)N1CCN(c2ccccc2Cl)CC1)C(=O)O. The van der Waals surface area contributed by atoms with E-state index in [0.717, 1.165) is 5.69 Å².